The molecule has 0 aliphatic carbocycles. The number of nitrogens with one attached hydrogen (secondary N) is 1. The molecule has 0 unspecified atom stereocenters. The Balaban J connectivity index is 2.21. The molecule has 0 saturated carbocycles. The Morgan fingerprint density at radius 3 is 2.65 bits per heavy atom. The first kappa shape index (κ1) is 16.9. The number of carbonyl (C=O) groups excluding carboxylic acids is 1. The maximum absolute atomic E-state index is 12.1. The molecule has 7 nitrogen and oxygen atoms in total. The molecule has 1 aromatic carbocycles. The van der Waals surface area contributed by atoms with Crippen LogP contribution in [0, 0.1) is 0 Å². The molecule has 8 heteroatoms. The first-order valence-electron chi connectivity index (χ1n) is 6.97. The first-order chi connectivity index (χ1) is 10.8. The summed E-state index contributed by atoms with van der Waals surface area (Å²) in [5.74, 6) is -0.455. The number of carbonyl (C=O) groups is 1. The quantitative estimate of drug-likeness (QED) is 0.869. The molecule has 0 fully saturated rings. The highest BCUT2D eigenvalue weighted by molar-refractivity contribution is 7.91. The predicted molar refractivity (Wildman–Crippen MR) is 86.0 cm³/mol. The van der Waals surface area contributed by atoms with Gasteiger partial charge >= 0.3 is 0 Å². The van der Waals surface area contributed by atoms with Crippen molar-refractivity contribution in [3.05, 3.63) is 52.4 Å². The number of sulfone groups is 1. The fourth-order valence-electron chi connectivity index (χ4n) is 2.02. The molecule has 1 aromatic heterocycles. The van der Waals surface area contributed by atoms with E-state index < -0.39 is 15.7 Å². The lowest BCUT2D eigenvalue weighted by atomic mass is 10.1. The standard InChI is InChI=1S/C15H17N3O4S/c1-3-23(21,22)13-7-5-4-6-11(13)8-14(19)17-12-9-15(20)18(2)16-10-12/h4-7,9-10H,3,8H2,1-2H3,(H,17,19). The molecule has 0 radical (unpaired) electrons. The molecule has 1 heterocycles. The van der Waals surface area contributed by atoms with Crippen molar-refractivity contribution in [2.45, 2.75) is 18.2 Å². The SMILES string of the molecule is CCS(=O)(=O)c1ccccc1CC(=O)Nc1cnn(C)c(=O)c1. The van der Waals surface area contributed by atoms with Crippen LogP contribution in [0.2, 0.25) is 0 Å². The molecule has 0 bridgehead atoms. The number of aryl methyl sites for hydroxylation is 1. The smallest absolute Gasteiger partial charge is 0.268 e. The molecule has 2 aromatic rings. The zero-order valence-electron chi connectivity index (χ0n) is 12.8. The summed E-state index contributed by atoms with van der Waals surface area (Å²) in [6.07, 6.45) is 1.25. The molecule has 0 atom stereocenters. The van der Waals surface area contributed by atoms with E-state index in [0.717, 1.165) is 4.68 Å². The van der Waals surface area contributed by atoms with Gasteiger partial charge in [0.15, 0.2) is 9.84 Å². The zero-order chi connectivity index (χ0) is 17.0. The Kier molecular flexibility index (Phi) is 4.95. The third kappa shape index (κ3) is 4.04. The van der Waals surface area contributed by atoms with Crippen molar-refractivity contribution in [3.63, 3.8) is 0 Å². The van der Waals surface area contributed by atoms with Gasteiger partial charge in [-0.05, 0) is 11.6 Å². The Morgan fingerprint density at radius 1 is 1.30 bits per heavy atom. The van der Waals surface area contributed by atoms with Gasteiger partial charge in [0.25, 0.3) is 5.56 Å². The van der Waals surface area contributed by atoms with E-state index in [0.29, 0.717) is 5.56 Å². The summed E-state index contributed by atoms with van der Waals surface area (Å²) in [5.41, 5.74) is 0.342. The lowest BCUT2D eigenvalue weighted by Gasteiger charge is -2.09. The molecule has 0 aliphatic heterocycles. The molecular weight excluding hydrogens is 318 g/mol. The molecule has 23 heavy (non-hydrogen) atoms. The lowest BCUT2D eigenvalue weighted by Crippen LogP contribution is -2.22. The third-order valence-electron chi connectivity index (χ3n) is 3.29. The summed E-state index contributed by atoms with van der Waals surface area (Å²) in [6, 6.07) is 7.64. The molecule has 1 N–H and O–H groups in total. The highest BCUT2D eigenvalue weighted by Gasteiger charge is 2.17. The van der Waals surface area contributed by atoms with Crippen molar-refractivity contribution in [3.8, 4) is 0 Å². The van der Waals surface area contributed by atoms with E-state index in [4.69, 9.17) is 0 Å². The van der Waals surface area contributed by atoms with Gasteiger partial charge in [0.05, 0.1) is 29.0 Å². The maximum atomic E-state index is 12.1. The van der Waals surface area contributed by atoms with Gasteiger partial charge in [-0.3, -0.25) is 9.59 Å². The monoisotopic (exact) mass is 335 g/mol. The van der Waals surface area contributed by atoms with Crippen LogP contribution in [0.25, 0.3) is 0 Å². The Hall–Kier alpha value is -2.48. The number of hydrogen-bond donors (Lipinski definition) is 1. The van der Waals surface area contributed by atoms with E-state index in [9.17, 15) is 18.0 Å². The van der Waals surface area contributed by atoms with Crippen molar-refractivity contribution < 1.29 is 13.2 Å². The van der Waals surface area contributed by atoms with Crippen LogP contribution >= 0.6 is 0 Å². The second-order valence-electron chi connectivity index (χ2n) is 4.94. The first-order valence-corrected chi connectivity index (χ1v) is 8.62. The van der Waals surface area contributed by atoms with Gasteiger partial charge in [0, 0.05) is 13.1 Å². The minimum absolute atomic E-state index is 0.0374. The van der Waals surface area contributed by atoms with E-state index in [1.165, 1.54) is 25.4 Å². The minimum Gasteiger partial charge on any atom is -0.324 e. The van der Waals surface area contributed by atoms with Crippen LogP contribution in [0.5, 0.6) is 0 Å². The molecule has 1 amide bonds. The van der Waals surface area contributed by atoms with Crippen molar-refractivity contribution >= 4 is 21.4 Å². The van der Waals surface area contributed by atoms with Crippen LogP contribution < -0.4 is 10.9 Å². The topological polar surface area (TPSA) is 98.1 Å². The van der Waals surface area contributed by atoms with Gasteiger partial charge in [-0.2, -0.15) is 5.10 Å². The number of hydrogen-bond acceptors (Lipinski definition) is 5. The maximum Gasteiger partial charge on any atom is 0.268 e. The van der Waals surface area contributed by atoms with E-state index >= 15 is 0 Å². The van der Waals surface area contributed by atoms with Crippen molar-refractivity contribution in [2.24, 2.45) is 7.05 Å². The van der Waals surface area contributed by atoms with Crippen LogP contribution in [0.15, 0.2) is 46.2 Å². The third-order valence-corrected chi connectivity index (χ3v) is 5.12. The predicted octanol–water partition coefficient (Wildman–Crippen LogP) is 0.755. The fraction of sp³-hybridized carbons (Fsp3) is 0.267. The average molecular weight is 335 g/mol. The van der Waals surface area contributed by atoms with Crippen molar-refractivity contribution in [1.82, 2.24) is 9.78 Å². The van der Waals surface area contributed by atoms with Crippen molar-refractivity contribution in [1.29, 1.82) is 0 Å². The summed E-state index contributed by atoms with van der Waals surface area (Å²) in [5, 5.41) is 6.35. The molecular formula is C15H17N3O4S. The van der Waals surface area contributed by atoms with E-state index in [2.05, 4.69) is 10.4 Å². The fourth-order valence-corrected chi connectivity index (χ4v) is 3.16. The largest absolute Gasteiger partial charge is 0.324 e. The second-order valence-corrected chi connectivity index (χ2v) is 7.19. The average Bonchev–Trinajstić information content (AvgIpc) is 2.51. The molecule has 0 saturated heterocycles. The number of nitrogens with zero attached hydrogens (tertiary/aromatic N) is 2. The Morgan fingerprint density at radius 2 is 2.00 bits per heavy atom. The molecule has 122 valence electrons. The number of benzene rings is 1. The Bertz CT molecular complexity index is 888. The van der Waals surface area contributed by atoms with Crippen LogP contribution in [0.4, 0.5) is 5.69 Å². The van der Waals surface area contributed by atoms with Crippen LogP contribution in [0.3, 0.4) is 0 Å². The van der Waals surface area contributed by atoms with Crippen molar-refractivity contribution in [2.75, 3.05) is 11.1 Å². The number of rotatable bonds is 5. The van der Waals surface area contributed by atoms with Gasteiger partial charge in [-0.25, -0.2) is 13.1 Å². The second kappa shape index (κ2) is 6.74. The summed E-state index contributed by atoms with van der Waals surface area (Å²) >= 11 is 0. The van der Waals surface area contributed by atoms with E-state index in [1.54, 1.807) is 25.1 Å². The van der Waals surface area contributed by atoms with Gasteiger partial charge in [-0.1, -0.05) is 25.1 Å². The highest BCUT2D eigenvalue weighted by atomic mass is 32.2. The molecule has 0 aliphatic rings. The normalized spacial score (nSPS) is 11.2. The van der Waals surface area contributed by atoms with Crippen LogP contribution in [0.1, 0.15) is 12.5 Å². The van der Waals surface area contributed by atoms with E-state index in [-0.39, 0.29) is 28.3 Å². The summed E-state index contributed by atoms with van der Waals surface area (Å²) in [7, 11) is -1.91. The lowest BCUT2D eigenvalue weighted by molar-refractivity contribution is -0.115. The van der Waals surface area contributed by atoms with E-state index in [1.807, 2.05) is 0 Å². The van der Waals surface area contributed by atoms with Gasteiger partial charge < -0.3 is 5.32 Å². The molecule has 0 spiro atoms. The van der Waals surface area contributed by atoms with Crippen LogP contribution in [-0.2, 0) is 28.1 Å². The van der Waals surface area contributed by atoms with Gasteiger partial charge in [0.2, 0.25) is 5.91 Å². The van der Waals surface area contributed by atoms with Crippen LogP contribution in [-0.4, -0.2) is 29.9 Å². The Labute approximate surface area is 133 Å². The zero-order valence-corrected chi connectivity index (χ0v) is 13.6. The van der Waals surface area contributed by atoms with Gasteiger partial charge in [0.1, 0.15) is 0 Å². The van der Waals surface area contributed by atoms with Gasteiger partial charge in [-0.15, -0.1) is 0 Å². The minimum atomic E-state index is -3.41. The molecule has 2 rings (SSSR count). The number of anilines is 1. The summed E-state index contributed by atoms with van der Waals surface area (Å²) in [4.78, 5) is 23.7. The number of aromatic nitrogens is 2. The summed E-state index contributed by atoms with van der Waals surface area (Å²) in [6.45, 7) is 1.55. The number of amides is 1. The highest BCUT2D eigenvalue weighted by Crippen LogP contribution is 2.18. The summed E-state index contributed by atoms with van der Waals surface area (Å²) < 4.78 is 25.3.